The van der Waals surface area contributed by atoms with Gasteiger partial charge in [0.1, 0.15) is 6.61 Å². The Labute approximate surface area is 137 Å². The van der Waals surface area contributed by atoms with Crippen LogP contribution in [0.4, 0.5) is 4.79 Å². The van der Waals surface area contributed by atoms with Crippen LogP contribution in [0.3, 0.4) is 0 Å². The lowest BCUT2D eigenvalue weighted by molar-refractivity contribution is 0.159. The molecule has 0 bridgehead atoms. The maximum atomic E-state index is 10.7. The molecule has 0 aromatic rings. The first-order valence-corrected chi connectivity index (χ1v) is 6.84. The molecule has 0 unspecified atom stereocenters. The molecule has 0 aromatic heterocycles. The Bertz CT molecular complexity index is 375. The topological polar surface area (TPSA) is 58.6 Å². The molecule has 1 saturated heterocycles. The predicted octanol–water partition coefficient (Wildman–Crippen LogP) is 4.69. The van der Waals surface area contributed by atoms with Crippen molar-refractivity contribution in [2.45, 2.75) is 67.9 Å². The molecule has 1 amide bonds. The van der Waals surface area contributed by atoms with Gasteiger partial charge in [-0.05, 0) is 39.0 Å². The van der Waals surface area contributed by atoms with Crippen LogP contribution >= 0.6 is 0 Å². The van der Waals surface area contributed by atoms with Crippen molar-refractivity contribution >= 4 is 6.09 Å². The molecule has 1 rings (SSSR count). The van der Waals surface area contributed by atoms with Crippen LogP contribution in [0.2, 0.25) is 0 Å². The van der Waals surface area contributed by atoms with Crippen molar-refractivity contribution in [2.24, 2.45) is 5.41 Å². The van der Waals surface area contributed by atoms with Gasteiger partial charge in [-0.2, -0.15) is 0 Å². The van der Waals surface area contributed by atoms with E-state index in [1.165, 1.54) is 0 Å². The number of rotatable bonds is 5. The smallest absolute Gasteiger partial charge is 0.407 e. The quantitative estimate of drug-likeness (QED) is 0.723. The summed E-state index contributed by atoms with van der Waals surface area (Å²) in [6.45, 7) is 18.2. The van der Waals surface area contributed by atoms with Crippen molar-refractivity contribution < 1.29 is 14.6 Å². The summed E-state index contributed by atoms with van der Waals surface area (Å²) in [7, 11) is 0. The van der Waals surface area contributed by atoms with Crippen LogP contribution in [0.25, 0.3) is 0 Å². The molecule has 1 aliphatic heterocycles. The van der Waals surface area contributed by atoms with E-state index in [1.54, 1.807) is 0 Å². The van der Waals surface area contributed by atoms with Crippen molar-refractivity contribution in [2.75, 3.05) is 13.2 Å². The standard InChI is InChI=1S/C8H13NO2.C8H16O.2CH4/c1-6(2)4-8(3)5-11-7(10)9-8;1-7(2)5-8(3,4)6-9;;/h1,4-5H2,2-3H3,(H,9,10);9H,1,5-6H2,2-4H3;2*1H4/t8-;;;/m0.../s1. The third-order valence-electron chi connectivity index (χ3n) is 2.83. The van der Waals surface area contributed by atoms with Crippen LogP contribution in [0.1, 0.15) is 62.3 Å². The van der Waals surface area contributed by atoms with Crippen LogP contribution in [-0.2, 0) is 4.74 Å². The van der Waals surface area contributed by atoms with E-state index in [2.05, 4.69) is 18.5 Å². The van der Waals surface area contributed by atoms with E-state index in [-0.39, 0.29) is 38.5 Å². The summed E-state index contributed by atoms with van der Waals surface area (Å²) < 4.78 is 4.78. The lowest BCUT2D eigenvalue weighted by Gasteiger charge is -2.20. The Kier molecular flexibility index (Phi) is 12.2. The first-order valence-electron chi connectivity index (χ1n) is 6.84. The number of ether oxygens (including phenoxy) is 1. The highest BCUT2D eigenvalue weighted by atomic mass is 16.6. The van der Waals surface area contributed by atoms with Crippen LogP contribution in [0.5, 0.6) is 0 Å². The molecule has 2 N–H and O–H groups in total. The lowest BCUT2D eigenvalue weighted by atomic mass is 9.88. The summed E-state index contributed by atoms with van der Waals surface area (Å²) in [5.41, 5.74) is 1.97. The molecular formula is C18H37NO3. The second-order valence-electron chi connectivity index (χ2n) is 6.85. The number of allylic oxidation sites excluding steroid dienone is 1. The predicted molar refractivity (Wildman–Crippen MR) is 96.1 cm³/mol. The Balaban J connectivity index is -0.000000307. The Morgan fingerprint density at radius 3 is 2.05 bits per heavy atom. The highest BCUT2D eigenvalue weighted by Crippen LogP contribution is 2.22. The van der Waals surface area contributed by atoms with E-state index in [0.29, 0.717) is 6.61 Å². The first-order chi connectivity index (χ1) is 8.99. The summed E-state index contributed by atoms with van der Waals surface area (Å²) in [6.07, 6.45) is 1.36. The van der Waals surface area contributed by atoms with Crippen molar-refractivity contribution in [3.8, 4) is 0 Å². The molecule has 0 aromatic carbocycles. The van der Waals surface area contributed by atoms with Gasteiger partial charge in [0.2, 0.25) is 0 Å². The summed E-state index contributed by atoms with van der Waals surface area (Å²) in [5, 5.41) is 11.5. The molecule has 1 aliphatic rings. The van der Waals surface area contributed by atoms with Gasteiger partial charge in [0, 0.05) is 6.61 Å². The second-order valence-corrected chi connectivity index (χ2v) is 6.85. The number of aliphatic hydroxyl groups is 1. The van der Waals surface area contributed by atoms with Crippen LogP contribution < -0.4 is 5.32 Å². The monoisotopic (exact) mass is 315 g/mol. The average molecular weight is 315 g/mol. The molecule has 0 saturated carbocycles. The first kappa shape index (κ1) is 25.7. The number of carbonyl (C=O) groups excluding carboxylic acids is 1. The number of carbonyl (C=O) groups is 1. The van der Waals surface area contributed by atoms with Crippen molar-refractivity contribution in [3.63, 3.8) is 0 Å². The summed E-state index contributed by atoms with van der Waals surface area (Å²) in [5.74, 6) is 0. The molecule has 4 nitrogen and oxygen atoms in total. The lowest BCUT2D eigenvalue weighted by Crippen LogP contribution is -2.40. The molecule has 1 heterocycles. The summed E-state index contributed by atoms with van der Waals surface area (Å²) in [4.78, 5) is 10.7. The van der Waals surface area contributed by atoms with Crippen LogP contribution in [0, 0.1) is 5.41 Å². The molecule has 1 fully saturated rings. The van der Waals surface area contributed by atoms with E-state index >= 15 is 0 Å². The van der Waals surface area contributed by atoms with Gasteiger partial charge in [-0.1, -0.05) is 39.8 Å². The fourth-order valence-electron chi connectivity index (χ4n) is 2.18. The normalized spacial score (nSPS) is 19.5. The van der Waals surface area contributed by atoms with E-state index in [4.69, 9.17) is 9.84 Å². The highest BCUT2D eigenvalue weighted by Gasteiger charge is 2.34. The minimum absolute atomic E-state index is 0. The van der Waals surface area contributed by atoms with E-state index in [0.717, 1.165) is 24.0 Å². The maximum absolute atomic E-state index is 10.7. The molecule has 22 heavy (non-hydrogen) atoms. The van der Waals surface area contributed by atoms with E-state index in [1.807, 2.05) is 34.6 Å². The van der Waals surface area contributed by atoms with E-state index in [9.17, 15) is 4.79 Å². The molecule has 132 valence electrons. The Morgan fingerprint density at radius 1 is 1.32 bits per heavy atom. The zero-order valence-electron chi connectivity index (χ0n) is 13.5. The largest absolute Gasteiger partial charge is 0.447 e. The fourth-order valence-corrected chi connectivity index (χ4v) is 2.18. The third-order valence-corrected chi connectivity index (χ3v) is 2.83. The number of hydrogen-bond acceptors (Lipinski definition) is 3. The molecule has 0 aliphatic carbocycles. The molecular weight excluding hydrogens is 278 g/mol. The number of cyclic esters (lactones) is 1. The molecule has 1 atom stereocenters. The van der Waals surface area contributed by atoms with E-state index < -0.39 is 0 Å². The Morgan fingerprint density at radius 2 is 1.82 bits per heavy atom. The van der Waals surface area contributed by atoms with Crippen LogP contribution in [0.15, 0.2) is 24.3 Å². The van der Waals surface area contributed by atoms with Crippen molar-refractivity contribution in [1.82, 2.24) is 5.32 Å². The van der Waals surface area contributed by atoms with Gasteiger partial charge < -0.3 is 15.2 Å². The summed E-state index contributed by atoms with van der Waals surface area (Å²) >= 11 is 0. The Hall–Kier alpha value is -1.29. The number of alkyl carbamates (subject to hydrolysis) is 1. The fraction of sp³-hybridized carbons (Fsp3) is 0.722. The molecule has 0 radical (unpaired) electrons. The molecule has 0 spiro atoms. The zero-order chi connectivity index (χ0) is 16.0. The van der Waals surface area contributed by atoms with Gasteiger partial charge in [0.15, 0.2) is 0 Å². The SMILES string of the molecule is C.C.C=C(C)CC(C)(C)CO.C=C(C)C[C@@]1(C)COC(=O)N1. The van der Waals surface area contributed by atoms with Crippen LogP contribution in [-0.4, -0.2) is 30.0 Å². The maximum Gasteiger partial charge on any atom is 0.407 e. The van der Waals surface area contributed by atoms with Gasteiger partial charge in [-0.15, -0.1) is 13.2 Å². The van der Waals surface area contributed by atoms with Crippen molar-refractivity contribution in [3.05, 3.63) is 24.3 Å². The molecule has 4 heteroatoms. The second kappa shape index (κ2) is 10.4. The average Bonchev–Trinajstić information content (AvgIpc) is 2.56. The van der Waals surface area contributed by atoms with Crippen molar-refractivity contribution in [1.29, 1.82) is 0 Å². The minimum atomic E-state index is -0.325. The van der Waals surface area contributed by atoms with Gasteiger partial charge >= 0.3 is 6.09 Å². The highest BCUT2D eigenvalue weighted by molar-refractivity contribution is 5.70. The summed E-state index contributed by atoms with van der Waals surface area (Å²) in [6, 6.07) is 0. The number of nitrogens with one attached hydrogen (secondary N) is 1. The number of hydrogen-bond donors (Lipinski definition) is 2. The van der Waals surface area contributed by atoms with Gasteiger partial charge in [-0.3, -0.25) is 0 Å². The minimum Gasteiger partial charge on any atom is -0.447 e. The van der Waals surface area contributed by atoms with Gasteiger partial charge in [0.25, 0.3) is 0 Å². The van der Waals surface area contributed by atoms with Gasteiger partial charge in [-0.25, -0.2) is 4.79 Å². The third kappa shape index (κ3) is 11.4. The number of amides is 1. The number of aliphatic hydroxyl groups excluding tert-OH is 1. The van der Waals surface area contributed by atoms with Gasteiger partial charge in [0.05, 0.1) is 5.54 Å². The zero-order valence-corrected chi connectivity index (χ0v) is 13.5.